The highest BCUT2D eigenvalue weighted by atomic mass is 16.6. The van der Waals surface area contributed by atoms with Gasteiger partial charge in [-0.15, -0.1) is 0 Å². The number of ether oxygens (including phenoxy) is 1. The molecule has 1 rings (SSSR count). The van der Waals surface area contributed by atoms with E-state index in [1.807, 2.05) is 0 Å². The number of carboxylic acids is 1. The zero-order valence-electron chi connectivity index (χ0n) is 6.58. The molecule has 1 aliphatic heterocycles. The van der Waals surface area contributed by atoms with E-state index in [2.05, 4.69) is 10.1 Å². The molecule has 0 bridgehead atoms. The normalized spacial score (nSPS) is 23.2. The lowest BCUT2D eigenvalue weighted by atomic mass is 10.1. The standard InChI is InChI=1S/C7H11NO4/c9-6(10)7(11)12-5-2-1-3-8-4-5/h5,8H,1-4H2,(H,9,10). The highest BCUT2D eigenvalue weighted by molar-refractivity contribution is 6.28. The van der Waals surface area contributed by atoms with Gasteiger partial charge in [0, 0.05) is 6.54 Å². The van der Waals surface area contributed by atoms with E-state index in [4.69, 9.17) is 5.11 Å². The van der Waals surface area contributed by atoms with Gasteiger partial charge in [-0.25, -0.2) is 9.59 Å². The van der Waals surface area contributed by atoms with Gasteiger partial charge in [-0.2, -0.15) is 0 Å². The first-order valence-electron chi connectivity index (χ1n) is 3.85. The quantitative estimate of drug-likeness (QED) is 0.407. The molecule has 1 heterocycles. The number of rotatable bonds is 1. The number of esters is 1. The molecule has 1 aliphatic rings. The number of hydrogen-bond acceptors (Lipinski definition) is 4. The molecule has 5 nitrogen and oxygen atoms in total. The first kappa shape index (κ1) is 8.99. The Balaban J connectivity index is 2.29. The van der Waals surface area contributed by atoms with E-state index < -0.39 is 11.9 Å². The predicted octanol–water partition coefficient (Wildman–Crippen LogP) is -0.634. The minimum Gasteiger partial charge on any atom is -0.473 e. The summed E-state index contributed by atoms with van der Waals surface area (Å²) in [4.78, 5) is 20.6. The molecule has 0 aromatic rings. The fraction of sp³-hybridized carbons (Fsp3) is 0.714. The lowest BCUT2D eigenvalue weighted by molar-refractivity contribution is -0.167. The molecule has 12 heavy (non-hydrogen) atoms. The van der Waals surface area contributed by atoms with E-state index in [1.54, 1.807) is 0 Å². The van der Waals surface area contributed by atoms with Crippen LogP contribution in [0, 0.1) is 0 Å². The van der Waals surface area contributed by atoms with Crippen molar-refractivity contribution in [2.45, 2.75) is 18.9 Å². The molecule has 0 aromatic heterocycles. The van der Waals surface area contributed by atoms with Crippen LogP contribution >= 0.6 is 0 Å². The summed E-state index contributed by atoms with van der Waals surface area (Å²) < 4.78 is 4.65. The van der Waals surface area contributed by atoms with Crippen molar-refractivity contribution in [2.75, 3.05) is 13.1 Å². The van der Waals surface area contributed by atoms with Crippen molar-refractivity contribution in [3.8, 4) is 0 Å². The Kier molecular flexibility index (Phi) is 3.04. The van der Waals surface area contributed by atoms with Gasteiger partial charge in [0.1, 0.15) is 6.10 Å². The third kappa shape index (κ3) is 2.50. The van der Waals surface area contributed by atoms with E-state index in [0.717, 1.165) is 19.4 Å². The number of nitrogens with one attached hydrogen (secondary N) is 1. The van der Waals surface area contributed by atoms with E-state index >= 15 is 0 Å². The van der Waals surface area contributed by atoms with Gasteiger partial charge < -0.3 is 15.2 Å². The van der Waals surface area contributed by atoms with Gasteiger partial charge in [0.25, 0.3) is 0 Å². The maximum absolute atomic E-state index is 10.6. The largest absolute Gasteiger partial charge is 0.473 e. The van der Waals surface area contributed by atoms with Gasteiger partial charge in [0.15, 0.2) is 0 Å². The fourth-order valence-corrected chi connectivity index (χ4v) is 1.12. The molecule has 68 valence electrons. The van der Waals surface area contributed by atoms with E-state index in [1.165, 1.54) is 0 Å². The molecule has 0 spiro atoms. The average molecular weight is 173 g/mol. The highest BCUT2D eigenvalue weighted by Gasteiger charge is 2.21. The summed E-state index contributed by atoms with van der Waals surface area (Å²) >= 11 is 0. The summed E-state index contributed by atoms with van der Waals surface area (Å²) in [6, 6.07) is 0. The van der Waals surface area contributed by atoms with Crippen LogP contribution in [-0.2, 0) is 14.3 Å². The third-order valence-electron chi connectivity index (χ3n) is 1.70. The fourth-order valence-electron chi connectivity index (χ4n) is 1.12. The molecule has 0 amide bonds. The Morgan fingerprint density at radius 2 is 2.25 bits per heavy atom. The van der Waals surface area contributed by atoms with Crippen LogP contribution in [0.5, 0.6) is 0 Å². The maximum Gasteiger partial charge on any atom is 0.417 e. The smallest absolute Gasteiger partial charge is 0.417 e. The van der Waals surface area contributed by atoms with Crippen molar-refractivity contribution < 1.29 is 19.4 Å². The van der Waals surface area contributed by atoms with E-state index in [9.17, 15) is 9.59 Å². The lowest BCUT2D eigenvalue weighted by Gasteiger charge is -2.21. The summed E-state index contributed by atoms with van der Waals surface area (Å²) in [7, 11) is 0. The molecule has 1 unspecified atom stereocenters. The Labute approximate surface area is 69.7 Å². The van der Waals surface area contributed by atoms with Crippen molar-refractivity contribution in [1.82, 2.24) is 5.32 Å². The molecule has 0 radical (unpaired) electrons. The zero-order valence-corrected chi connectivity index (χ0v) is 6.58. The van der Waals surface area contributed by atoms with Gasteiger partial charge in [-0.3, -0.25) is 0 Å². The van der Waals surface area contributed by atoms with Crippen molar-refractivity contribution in [1.29, 1.82) is 0 Å². The van der Waals surface area contributed by atoms with Gasteiger partial charge in [0.2, 0.25) is 0 Å². The van der Waals surface area contributed by atoms with Crippen LogP contribution in [-0.4, -0.2) is 36.2 Å². The van der Waals surface area contributed by atoms with Crippen LogP contribution in [0.15, 0.2) is 0 Å². The van der Waals surface area contributed by atoms with Crippen molar-refractivity contribution >= 4 is 11.9 Å². The third-order valence-corrected chi connectivity index (χ3v) is 1.70. The molecular formula is C7H11NO4. The molecule has 0 aliphatic carbocycles. The van der Waals surface area contributed by atoms with Crippen LogP contribution in [0.25, 0.3) is 0 Å². The highest BCUT2D eigenvalue weighted by Crippen LogP contribution is 2.05. The zero-order chi connectivity index (χ0) is 8.97. The Morgan fingerprint density at radius 3 is 2.75 bits per heavy atom. The summed E-state index contributed by atoms with van der Waals surface area (Å²) in [6.45, 7) is 1.46. The summed E-state index contributed by atoms with van der Waals surface area (Å²) in [6.07, 6.45) is 1.38. The maximum atomic E-state index is 10.6. The van der Waals surface area contributed by atoms with Crippen molar-refractivity contribution in [2.24, 2.45) is 0 Å². The van der Waals surface area contributed by atoms with E-state index in [-0.39, 0.29) is 6.10 Å². The first-order valence-corrected chi connectivity index (χ1v) is 3.85. The number of carbonyl (C=O) groups excluding carboxylic acids is 1. The van der Waals surface area contributed by atoms with Gasteiger partial charge in [-0.05, 0) is 19.4 Å². The van der Waals surface area contributed by atoms with Crippen molar-refractivity contribution in [3.63, 3.8) is 0 Å². The second-order valence-corrected chi connectivity index (χ2v) is 2.68. The van der Waals surface area contributed by atoms with Crippen molar-refractivity contribution in [3.05, 3.63) is 0 Å². The number of hydrogen-bond donors (Lipinski definition) is 2. The number of carboxylic acid groups (broad SMARTS) is 1. The molecule has 1 saturated heterocycles. The summed E-state index contributed by atoms with van der Waals surface area (Å²) in [5.74, 6) is -2.69. The second-order valence-electron chi connectivity index (χ2n) is 2.68. The van der Waals surface area contributed by atoms with Crippen LogP contribution < -0.4 is 5.32 Å². The lowest BCUT2D eigenvalue weighted by Crippen LogP contribution is -2.37. The molecule has 2 N–H and O–H groups in total. The predicted molar refractivity (Wildman–Crippen MR) is 39.6 cm³/mol. The van der Waals surface area contributed by atoms with Gasteiger partial charge in [0.05, 0.1) is 0 Å². The summed E-state index contributed by atoms with van der Waals surface area (Å²) in [5, 5.41) is 11.2. The Hall–Kier alpha value is -1.10. The number of carbonyl (C=O) groups is 2. The molecule has 1 atom stereocenters. The monoisotopic (exact) mass is 173 g/mol. The second kappa shape index (κ2) is 4.06. The topological polar surface area (TPSA) is 75.6 Å². The summed E-state index contributed by atoms with van der Waals surface area (Å²) in [5.41, 5.74) is 0. The van der Waals surface area contributed by atoms with Gasteiger partial charge in [-0.1, -0.05) is 0 Å². The molecule has 5 heteroatoms. The van der Waals surface area contributed by atoms with Crippen LogP contribution in [0.1, 0.15) is 12.8 Å². The molecule has 0 saturated carbocycles. The Morgan fingerprint density at radius 1 is 1.50 bits per heavy atom. The molecule has 0 aromatic carbocycles. The minimum absolute atomic E-state index is 0.276. The first-order chi connectivity index (χ1) is 5.70. The van der Waals surface area contributed by atoms with Gasteiger partial charge >= 0.3 is 11.9 Å². The number of piperidine rings is 1. The Bertz CT molecular complexity index is 186. The SMILES string of the molecule is O=C(O)C(=O)OC1CCCNC1. The average Bonchev–Trinajstić information content (AvgIpc) is 2.06. The number of aliphatic carboxylic acids is 1. The molecular weight excluding hydrogens is 162 g/mol. The van der Waals surface area contributed by atoms with E-state index in [0.29, 0.717) is 6.54 Å². The van der Waals surface area contributed by atoms with Crippen LogP contribution in [0.2, 0.25) is 0 Å². The molecule has 1 fully saturated rings. The van der Waals surface area contributed by atoms with Crippen LogP contribution in [0.4, 0.5) is 0 Å². The minimum atomic E-state index is -1.53. The van der Waals surface area contributed by atoms with Crippen LogP contribution in [0.3, 0.4) is 0 Å².